The molecule has 0 spiro atoms. The van der Waals surface area contributed by atoms with Crippen LogP contribution in [0.15, 0.2) is 48.5 Å². The minimum Gasteiger partial charge on any atom is -0.166 e. The van der Waals surface area contributed by atoms with Crippen LogP contribution >= 0.6 is 0 Å². The van der Waals surface area contributed by atoms with Gasteiger partial charge in [-0.1, -0.05) is 48.0 Å². The summed E-state index contributed by atoms with van der Waals surface area (Å²) in [5, 5.41) is 0. The summed E-state index contributed by atoms with van der Waals surface area (Å²) in [6.45, 7) is 3.96. The van der Waals surface area contributed by atoms with E-state index in [1.165, 1.54) is 17.7 Å². The number of aryl methyl sites for hydroxylation is 1. The highest BCUT2D eigenvalue weighted by molar-refractivity contribution is 5.80. The van der Waals surface area contributed by atoms with E-state index in [2.05, 4.69) is 0 Å². The van der Waals surface area contributed by atoms with Crippen molar-refractivity contribution in [1.82, 2.24) is 0 Å². The molecule has 104 valence electrons. The summed E-state index contributed by atoms with van der Waals surface area (Å²) in [5.41, 5.74) is 3.40. The molecule has 0 atom stereocenters. The Kier molecular flexibility index (Phi) is 3.98. The SMILES string of the molecule is C/C(=C\c1ccc(C(F)(F)F)cc1)c1ccc(C)cc1. The van der Waals surface area contributed by atoms with Crippen LogP contribution in [0.25, 0.3) is 11.6 Å². The topological polar surface area (TPSA) is 0 Å². The van der Waals surface area contributed by atoms with Gasteiger partial charge in [0.15, 0.2) is 0 Å². The Bertz CT molecular complexity index is 602. The quantitative estimate of drug-likeness (QED) is 0.629. The first-order chi connectivity index (χ1) is 9.36. The van der Waals surface area contributed by atoms with E-state index in [0.29, 0.717) is 0 Å². The van der Waals surface area contributed by atoms with Crippen molar-refractivity contribution in [2.75, 3.05) is 0 Å². The van der Waals surface area contributed by atoms with Gasteiger partial charge in [-0.25, -0.2) is 0 Å². The largest absolute Gasteiger partial charge is 0.416 e. The third-order valence-corrected chi connectivity index (χ3v) is 3.13. The molecule has 0 amide bonds. The maximum absolute atomic E-state index is 12.5. The molecule has 2 aromatic rings. The van der Waals surface area contributed by atoms with Crippen molar-refractivity contribution in [3.8, 4) is 0 Å². The number of alkyl halides is 3. The molecule has 20 heavy (non-hydrogen) atoms. The van der Waals surface area contributed by atoms with Gasteiger partial charge in [0, 0.05) is 0 Å². The van der Waals surface area contributed by atoms with E-state index < -0.39 is 11.7 Å². The number of allylic oxidation sites excluding steroid dienone is 1. The average molecular weight is 276 g/mol. The van der Waals surface area contributed by atoms with Gasteiger partial charge in [0.05, 0.1) is 5.56 Å². The van der Waals surface area contributed by atoms with Crippen LogP contribution in [0.5, 0.6) is 0 Å². The monoisotopic (exact) mass is 276 g/mol. The average Bonchev–Trinajstić information content (AvgIpc) is 2.39. The molecule has 0 heterocycles. The van der Waals surface area contributed by atoms with E-state index in [9.17, 15) is 13.2 Å². The van der Waals surface area contributed by atoms with Crippen LogP contribution < -0.4 is 0 Å². The highest BCUT2D eigenvalue weighted by Crippen LogP contribution is 2.29. The van der Waals surface area contributed by atoms with E-state index in [1.807, 2.05) is 44.2 Å². The molecule has 0 saturated heterocycles. The maximum Gasteiger partial charge on any atom is 0.416 e. The van der Waals surface area contributed by atoms with Crippen molar-refractivity contribution in [3.05, 3.63) is 70.8 Å². The van der Waals surface area contributed by atoms with Crippen molar-refractivity contribution in [2.45, 2.75) is 20.0 Å². The summed E-state index contributed by atoms with van der Waals surface area (Å²) in [4.78, 5) is 0. The zero-order valence-electron chi connectivity index (χ0n) is 11.3. The van der Waals surface area contributed by atoms with Gasteiger partial charge in [0.25, 0.3) is 0 Å². The van der Waals surface area contributed by atoms with Crippen molar-refractivity contribution >= 4 is 11.6 Å². The van der Waals surface area contributed by atoms with Crippen LogP contribution in [0, 0.1) is 6.92 Å². The first-order valence-electron chi connectivity index (χ1n) is 6.29. The van der Waals surface area contributed by atoms with E-state index in [0.717, 1.165) is 28.8 Å². The third-order valence-electron chi connectivity index (χ3n) is 3.13. The van der Waals surface area contributed by atoms with Crippen LogP contribution in [0.4, 0.5) is 13.2 Å². The molecule has 0 saturated carbocycles. The summed E-state index contributed by atoms with van der Waals surface area (Å²) in [5.74, 6) is 0. The molecule has 2 rings (SSSR count). The zero-order chi connectivity index (χ0) is 14.8. The van der Waals surface area contributed by atoms with Gasteiger partial charge < -0.3 is 0 Å². The number of hydrogen-bond acceptors (Lipinski definition) is 0. The van der Waals surface area contributed by atoms with Crippen LogP contribution in [-0.4, -0.2) is 0 Å². The lowest BCUT2D eigenvalue weighted by Crippen LogP contribution is -2.03. The molecule has 0 unspecified atom stereocenters. The molecule has 0 aliphatic rings. The Balaban J connectivity index is 2.24. The van der Waals surface area contributed by atoms with E-state index in [4.69, 9.17) is 0 Å². The van der Waals surface area contributed by atoms with Crippen LogP contribution in [0.3, 0.4) is 0 Å². The second-order valence-corrected chi connectivity index (χ2v) is 4.81. The van der Waals surface area contributed by atoms with Gasteiger partial charge in [-0.2, -0.15) is 13.2 Å². The molecule has 0 bridgehead atoms. The molecule has 0 aliphatic heterocycles. The fourth-order valence-electron chi connectivity index (χ4n) is 1.92. The number of halogens is 3. The van der Waals surface area contributed by atoms with Crippen molar-refractivity contribution in [2.24, 2.45) is 0 Å². The third kappa shape index (κ3) is 3.50. The van der Waals surface area contributed by atoms with Gasteiger partial charge in [0.1, 0.15) is 0 Å². The minimum atomic E-state index is -4.28. The Morgan fingerprint density at radius 1 is 0.900 bits per heavy atom. The maximum atomic E-state index is 12.5. The molecule has 0 radical (unpaired) electrons. The molecular weight excluding hydrogens is 261 g/mol. The molecule has 2 aromatic carbocycles. The first kappa shape index (κ1) is 14.4. The summed E-state index contributed by atoms with van der Waals surface area (Å²) in [7, 11) is 0. The van der Waals surface area contributed by atoms with Gasteiger partial charge in [-0.15, -0.1) is 0 Å². The second kappa shape index (κ2) is 5.53. The number of benzene rings is 2. The normalized spacial score (nSPS) is 12.6. The molecule has 3 heteroatoms. The summed E-state index contributed by atoms with van der Waals surface area (Å²) in [6, 6.07) is 13.2. The lowest BCUT2D eigenvalue weighted by atomic mass is 10.0. The standard InChI is InChI=1S/C17H15F3/c1-12-3-7-15(8-4-12)13(2)11-14-5-9-16(10-6-14)17(18,19)20/h3-11H,1-2H3/b13-11+. The fraction of sp³-hybridized carbons (Fsp3) is 0.176. The lowest BCUT2D eigenvalue weighted by molar-refractivity contribution is -0.137. The predicted molar refractivity (Wildman–Crippen MR) is 76.2 cm³/mol. The molecule has 0 fully saturated rings. The molecule has 0 aromatic heterocycles. The first-order valence-corrected chi connectivity index (χ1v) is 6.29. The van der Waals surface area contributed by atoms with Crippen LogP contribution in [0.1, 0.15) is 29.2 Å². The number of rotatable bonds is 2. The van der Waals surface area contributed by atoms with Crippen LogP contribution in [0.2, 0.25) is 0 Å². The highest BCUT2D eigenvalue weighted by Gasteiger charge is 2.29. The Morgan fingerprint density at radius 2 is 1.45 bits per heavy atom. The van der Waals surface area contributed by atoms with Crippen molar-refractivity contribution < 1.29 is 13.2 Å². The summed E-state index contributed by atoms with van der Waals surface area (Å²) >= 11 is 0. The van der Waals surface area contributed by atoms with Gasteiger partial charge in [-0.05, 0) is 42.7 Å². The molecule has 0 N–H and O–H groups in total. The zero-order valence-corrected chi connectivity index (χ0v) is 11.3. The van der Waals surface area contributed by atoms with E-state index >= 15 is 0 Å². The minimum absolute atomic E-state index is 0.623. The van der Waals surface area contributed by atoms with E-state index in [-0.39, 0.29) is 0 Å². The van der Waals surface area contributed by atoms with Crippen LogP contribution in [-0.2, 0) is 6.18 Å². The lowest BCUT2D eigenvalue weighted by Gasteiger charge is -2.07. The Hall–Kier alpha value is -2.03. The Labute approximate surface area is 116 Å². The molecular formula is C17H15F3. The van der Waals surface area contributed by atoms with Crippen molar-refractivity contribution in [1.29, 1.82) is 0 Å². The highest BCUT2D eigenvalue weighted by atomic mass is 19.4. The predicted octanol–water partition coefficient (Wildman–Crippen LogP) is 5.57. The molecule has 0 nitrogen and oxygen atoms in total. The van der Waals surface area contributed by atoms with Crippen molar-refractivity contribution in [3.63, 3.8) is 0 Å². The second-order valence-electron chi connectivity index (χ2n) is 4.81. The summed E-state index contributed by atoms with van der Waals surface area (Å²) < 4.78 is 37.4. The van der Waals surface area contributed by atoms with Gasteiger partial charge >= 0.3 is 6.18 Å². The summed E-state index contributed by atoms with van der Waals surface area (Å²) in [6.07, 6.45) is -2.40. The van der Waals surface area contributed by atoms with Gasteiger partial charge in [-0.3, -0.25) is 0 Å². The smallest absolute Gasteiger partial charge is 0.166 e. The molecule has 0 aliphatic carbocycles. The number of hydrogen-bond donors (Lipinski definition) is 0. The fourth-order valence-corrected chi connectivity index (χ4v) is 1.92. The van der Waals surface area contributed by atoms with E-state index in [1.54, 1.807) is 0 Å². The Morgan fingerprint density at radius 3 is 1.95 bits per heavy atom. The van der Waals surface area contributed by atoms with Gasteiger partial charge in [0.2, 0.25) is 0 Å².